The van der Waals surface area contributed by atoms with Crippen LogP contribution in [0.4, 0.5) is 0 Å². The molecule has 0 saturated heterocycles. The summed E-state index contributed by atoms with van der Waals surface area (Å²) in [5.41, 5.74) is 6.87. The third kappa shape index (κ3) is 3.82. The number of hydrogen-bond acceptors (Lipinski definition) is 2. The predicted octanol–water partition coefficient (Wildman–Crippen LogP) is 15.6. The molecular formula is C52H28OS. The number of fused-ring (bicyclic) bond motifs is 13. The first-order chi connectivity index (χ1) is 26.7. The van der Waals surface area contributed by atoms with E-state index in [2.05, 4.69) is 164 Å². The molecule has 13 rings (SSSR count). The summed E-state index contributed by atoms with van der Waals surface area (Å²) in [6, 6.07) is 63.1. The Labute approximate surface area is 313 Å². The van der Waals surface area contributed by atoms with E-state index in [1.165, 1.54) is 112 Å². The highest BCUT2D eigenvalue weighted by Crippen LogP contribution is 2.45. The van der Waals surface area contributed by atoms with Crippen LogP contribution < -0.4 is 0 Å². The second-order valence-corrected chi connectivity index (χ2v) is 15.8. The third-order valence-electron chi connectivity index (χ3n) is 12.0. The third-order valence-corrected chi connectivity index (χ3v) is 13.1. The Hall–Kier alpha value is -6.74. The normalized spacial score (nSPS) is 12.4. The van der Waals surface area contributed by atoms with E-state index in [0.29, 0.717) is 0 Å². The number of benzene rings is 11. The van der Waals surface area contributed by atoms with Gasteiger partial charge in [0.25, 0.3) is 0 Å². The molecular weight excluding hydrogens is 673 g/mol. The van der Waals surface area contributed by atoms with Crippen LogP contribution in [-0.2, 0) is 0 Å². The highest BCUT2D eigenvalue weighted by molar-refractivity contribution is 7.25. The van der Waals surface area contributed by atoms with Gasteiger partial charge in [-0.05, 0) is 130 Å². The molecule has 2 aromatic heterocycles. The molecule has 0 saturated carbocycles. The Bertz CT molecular complexity index is 3690. The van der Waals surface area contributed by atoms with E-state index < -0.39 is 0 Å². The minimum atomic E-state index is 0.930. The zero-order valence-corrected chi connectivity index (χ0v) is 29.8. The Kier molecular flexibility index (Phi) is 5.57. The summed E-state index contributed by atoms with van der Waals surface area (Å²) < 4.78 is 8.97. The smallest absolute Gasteiger partial charge is 0.136 e. The van der Waals surface area contributed by atoms with Crippen molar-refractivity contribution in [3.63, 3.8) is 0 Å². The van der Waals surface area contributed by atoms with Crippen LogP contribution in [0.15, 0.2) is 174 Å². The predicted molar refractivity (Wildman–Crippen MR) is 234 cm³/mol. The van der Waals surface area contributed by atoms with Crippen molar-refractivity contribution in [2.75, 3.05) is 0 Å². The van der Waals surface area contributed by atoms with Crippen LogP contribution in [0.25, 0.3) is 129 Å². The number of furan rings is 1. The molecule has 0 aliphatic carbocycles. The first-order valence-electron chi connectivity index (χ1n) is 18.6. The van der Waals surface area contributed by atoms with Gasteiger partial charge < -0.3 is 4.42 Å². The molecule has 0 aliphatic heterocycles. The van der Waals surface area contributed by atoms with E-state index >= 15 is 0 Å². The van der Waals surface area contributed by atoms with Gasteiger partial charge in [0.1, 0.15) is 11.2 Å². The molecule has 0 amide bonds. The molecule has 248 valence electrons. The standard InChI is InChI=1S/C52H28OS/c1-2-9-38-36(8-1)42-26-32(16-20-37(42)40-22-23-46-52(51(38)40)41-10-3-4-11-45(41)53-46)33-17-24-47-43(27-33)44-28-34(18-25-48(44)54-47)35-19-14-31-13-12-29-6-5-7-30-15-21-39(35)50(31)49(29)30/h1-28H. The second kappa shape index (κ2) is 10.4. The maximum absolute atomic E-state index is 6.33. The zero-order chi connectivity index (χ0) is 35.1. The summed E-state index contributed by atoms with van der Waals surface area (Å²) in [5, 5.41) is 20.5. The lowest BCUT2D eigenvalue weighted by molar-refractivity contribution is 0.669. The van der Waals surface area contributed by atoms with E-state index in [1.54, 1.807) is 0 Å². The molecule has 11 aromatic carbocycles. The minimum Gasteiger partial charge on any atom is -0.456 e. The molecule has 13 aromatic rings. The molecule has 0 N–H and O–H groups in total. The van der Waals surface area contributed by atoms with Gasteiger partial charge in [-0.15, -0.1) is 11.3 Å². The highest BCUT2D eigenvalue weighted by Gasteiger charge is 2.18. The first-order valence-corrected chi connectivity index (χ1v) is 19.4. The first kappa shape index (κ1) is 28.8. The van der Waals surface area contributed by atoms with Gasteiger partial charge in [0, 0.05) is 36.3 Å². The highest BCUT2D eigenvalue weighted by atomic mass is 32.1. The van der Waals surface area contributed by atoms with Gasteiger partial charge in [-0.25, -0.2) is 0 Å². The van der Waals surface area contributed by atoms with E-state index in [1.807, 2.05) is 17.4 Å². The van der Waals surface area contributed by atoms with E-state index in [-0.39, 0.29) is 0 Å². The topological polar surface area (TPSA) is 13.1 Å². The average Bonchev–Trinajstić information content (AvgIpc) is 3.80. The molecule has 54 heavy (non-hydrogen) atoms. The van der Waals surface area contributed by atoms with Gasteiger partial charge in [0.2, 0.25) is 0 Å². The van der Waals surface area contributed by atoms with Gasteiger partial charge in [-0.2, -0.15) is 0 Å². The van der Waals surface area contributed by atoms with Crippen LogP contribution in [0.5, 0.6) is 0 Å². The molecule has 0 spiro atoms. The fourth-order valence-electron chi connectivity index (χ4n) is 9.55. The summed E-state index contributed by atoms with van der Waals surface area (Å²) in [5.74, 6) is 0. The maximum atomic E-state index is 6.33. The van der Waals surface area contributed by atoms with Crippen LogP contribution in [0, 0.1) is 0 Å². The summed E-state index contributed by atoms with van der Waals surface area (Å²) in [6.07, 6.45) is 0. The number of thiophene rings is 1. The van der Waals surface area contributed by atoms with Crippen LogP contribution >= 0.6 is 11.3 Å². The van der Waals surface area contributed by atoms with Crippen LogP contribution in [-0.4, -0.2) is 0 Å². The van der Waals surface area contributed by atoms with E-state index in [9.17, 15) is 0 Å². The summed E-state index contributed by atoms with van der Waals surface area (Å²) in [4.78, 5) is 0. The summed E-state index contributed by atoms with van der Waals surface area (Å²) >= 11 is 1.88. The number of hydrogen-bond donors (Lipinski definition) is 0. The van der Waals surface area contributed by atoms with Crippen molar-refractivity contribution in [2.45, 2.75) is 0 Å². The largest absolute Gasteiger partial charge is 0.456 e. The molecule has 2 heteroatoms. The van der Waals surface area contributed by atoms with Gasteiger partial charge in [0.15, 0.2) is 0 Å². The summed E-state index contributed by atoms with van der Waals surface area (Å²) in [7, 11) is 0. The Balaban J connectivity index is 1.00. The molecule has 0 atom stereocenters. The van der Waals surface area contributed by atoms with Crippen LogP contribution in [0.1, 0.15) is 0 Å². The molecule has 0 aliphatic rings. The van der Waals surface area contributed by atoms with Crippen molar-refractivity contribution in [1.82, 2.24) is 0 Å². The van der Waals surface area contributed by atoms with E-state index in [0.717, 1.165) is 16.6 Å². The lowest BCUT2D eigenvalue weighted by Gasteiger charge is -2.14. The zero-order valence-electron chi connectivity index (χ0n) is 29.0. The lowest BCUT2D eigenvalue weighted by Crippen LogP contribution is -1.87. The molecule has 2 heterocycles. The molecule has 1 nitrogen and oxygen atoms in total. The quantitative estimate of drug-likeness (QED) is 0.164. The van der Waals surface area contributed by atoms with Crippen LogP contribution in [0.3, 0.4) is 0 Å². The molecule has 0 bridgehead atoms. The average molecular weight is 701 g/mol. The maximum Gasteiger partial charge on any atom is 0.136 e. The Morgan fingerprint density at radius 3 is 1.70 bits per heavy atom. The van der Waals surface area contributed by atoms with E-state index in [4.69, 9.17) is 4.42 Å². The van der Waals surface area contributed by atoms with Gasteiger partial charge in [-0.1, -0.05) is 121 Å². The van der Waals surface area contributed by atoms with Gasteiger partial charge >= 0.3 is 0 Å². The van der Waals surface area contributed by atoms with Crippen molar-refractivity contribution < 1.29 is 4.42 Å². The van der Waals surface area contributed by atoms with Crippen molar-refractivity contribution in [3.05, 3.63) is 170 Å². The monoisotopic (exact) mass is 700 g/mol. The minimum absolute atomic E-state index is 0.930. The fourth-order valence-corrected chi connectivity index (χ4v) is 10.6. The Morgan fingerprint density at radius 1 is 0.296 bits per heavy atom. The molecule has 0 unspecified atom stereocenters. The molecule has 0 radical (unpaired) electrons. The van der Waals surface area contributed by atoms with Crippen molar-refractivity contribution in [1.29, 1.82) is 0 Å². The van der Waals surface area contributed by atoms with Gasteiger partial charge in [-0.3, -0.25) is 0 Å². The summed E-state index contributed by atoms with van der Waals surface area (Å²) in [6.45, 7) is 0. The van der Waals surface area contributed by atoms with Crippen molar-refractivity contribution in [2.24, 2.45) is 0 Å². The van der Waals surface area contributed by atoms with Gasteiger partial charge in [0.05, 0.1) is 0 Å². The van der Waals surface area contributed by atoms with Crippen molar-refractivity contribution in [3.8, 4) is 22.3 Å². The lowest BCUT2D eigenvalue weighted by atomic mass is 9.89. The second-order valence-electron chi connectivity index (χ2n) is 14.8. The fraction of sp³-hybridized carbons (Fsp3) is 0. The number of para-hydroxylation sites is 1. The number of rotatable bonds is 2. The molecule has 0 fully saturated rings. The SMILES string of the molecule is c1cc2ccc3ccc(-c4ccc5sc6ccc(-c7ccc8c(c7)c7ccccc7c7c8ccc8oc9ccccc9c87)cc6c5c4)c4ccc(c1)c2c34. The van der Waals surface area contributed by atoms with Crippen LogP contribution in [0.2, 0.25) is 0 Å². The van der Waals surface area contributed by atoms with Crippen molar-refractivity contribution >= 4 is 118 Å². The Morgan fingerprint density at radius 2 is 0.870 bits per heavy atom.